The van der Waals surface area contributed by atoms with Crippen molar-refractivity contribution in [3.63, 3.8) is 0 Å². The van der Waals surface area contributed by atoms with Gasteiger partial charge in [-0.2, -0.15) is 5.10 Å². The van der Waals surface area contributed by atoms with E-state index in [2.05, 4.69) is 10.5 Å². The Kier molecular flexibility index (Phi) is 3.71. The smallest absolute Gasteiger partial charge is 0.149 e. The maximum absolute atomic E-state index is 5.89. The predicted octanol–water partition coefficient (Wildman–Crippen LogP) is 4.42. The molecule has 0 radical (unpaired) electrons. The van der Waals surface area contributed by atoms with Crippen LogP contribution >= 0.6 is 23.2 Å². The summed E-state index contributed by atoms with van der Waals surface area (Å²) in [7, 11) is 0. The standard InChI is InChI=1S/C12H10Cl2N2O/c1-8(12-3-2-6-17-12)15-16-9-4-5-10(13)11(14)7-9/h2-7,16H,1H3. The zero-order valence-corrected chi connectivity index (χ0v) is 10.6. The van der Waals surface area contributed by atoms with Crippen LogP contribution in [0.3, 0.4) is 0 Å². The van der Waals surface area contributed by atoms with Crippen LogP contribution in [0.5, 0.6) is 0 Å². The molecular formula is C12H10Cl2N2O. The first-order valence-corrected chi connectivity index (χ1v) is 5.71. The normalized spacial score (nSPS) is 11.6. The molecule has 0 spiro atoms. The number of hydrogen-bond donors (Lipinski definition) is 1. The van der Waals surface area contributed by atoms with Crippen molar-refractivity contribution in [2.75, 3.05) is 5.43 Å². The summed E-state index contributed by atoms with van der Waals surface area (Å²) < 4.78 is 5.21. The first kappa shape index (κ1) is 12.0. The zero-order chi connectivity index (χ0) is 12.3. The van der Waals surface area contributed by atoms with Gasteiger partial charge in [-0.1, -0.05) is 23.2 Å². The van der Waals surface area contributed by atoms with Crippen molar-refractivity contribution in [1.29, 1.82) is 0 Å². The molecule has 88 valence electrons. The molecular weight excluding hydrogens is 259 g/mol. The Morgan fingerprint density at radius 3 is 2.71 bits per heavy atom. The first-order valence-electron chi connectivity index (χ1n) is 4.96. The van der Waals surface area contributed by atoms with Crippen LogP contribution in [-0.4, -0.2) is 5.71 Å². The number of halogens is 2. The van der Waals surface area contributed by atoms with E-state index in [4.69, 9.17) is 27.6 Å². The highest BCUT2D eigenvalue weighted by Gasteiger charge is 2.01. The second kappa shape index (κ2) is 5.25. The van der Waals surface area contributed by atoms with Gasteiger partial charge in [0.2, 0.25) is 0 Å². The van der Waals surface area contributed by atoms with Gasteiger partial charge < -0.3 is 4.42 Å². The van der Waals surface area contributed by atoms with Crippen molar-refractivity contribution >= 4 is 34.6 Å². The van der Waals surface area contributed by atoms with Crippen LogP contribution in [0.4, 0.5) is 5.69 Å². The molecule has 2 aromatic rings. The second-order valence-corrected chi connectivity index (χ2v) is 4.23. The van der Waals surface area contributed by atoms with Crippen LogP contribution in [0.25, 0.3) is 0 Å². The molecule has 2 rings (SSSR count). The van der Waals surface area contributed by atoms with Crippen LogP contribution in [0.15, 0.2) is 46.1 Å². The van der Waals surface area contributed by atoms with Gasteiger partial charge in [0.1, 0.15) is 11.5 Å². The van der Waals surface area contributed by atoms with Crippen molar-refractivity contribution in [2.24, 2.45) is 5.10 Å². The molecule has 1 heterocycles. The van der Waals surface area contributed by atoms with Gasteiger partial charge >= 0.3 is 0 Å². The fraction of sp³-hybridized carbons (Fsp3) is 0.0833. The average molecular weight is 269 g/mol. The summed E-state index contributed by atoms with van der Waals surface area (Å²) in [6.07, 6.45) is 1.60. The molecule has 1 N–H and O–H groups in total. The summed E-state index contributed by atoms with van der Waals surface area (Å²) in [5.74, 6) is 0.720. The number of furan rings is 1. The fourth-order valence-corrected chi connectivity index (χ4v) is 1.55. The molecule has 0 saturated carbocycles. The monoisotopic (exact) mass is 268 g/mol. The number of anilines is 1. The Morgan fingerprint density at radius 2 is 2.06 bits per heavy atom. The van der Waals surface area contributed by atoms with Crippen molar-refractivity contribution in [2.45, 2.75) is 6.92 Å². The van der Waals surface area contributed by atoms with Crippen LogP contribution < -0.4 is 5.43 Å². The minimum absolute atomic E-state index is 0.488. The largest absolute Gasteiger partial charge is 0.463 e. The van der Waals surface area contributed by atoms with E-state index in [-0.39, 0.29) is 0 Å². The number of nitrogens with zero attached hydrogens (tertiary/aromatic N) is 1. The quantitative estimate of drug-likeness (QED) is 0.661. The SMILES string of the molecule is CC(=NNc1ccc(Cl)c(Cl)c1)c1ccco1. The maximum Gasteiger partial charge on any atom is 0.149 e. The van der Waals surface area contributed by atoms with Crippen molar-refractivity contribution in [3.8, 4) is 0 Å². The maximum atomic E-state index is 5.89. The van der Waals surface area contributed by atoms with Gasteiger partial charge in [-0.3, -0.25) is 5.43 Å². The molecule has 0 amide bonds. The van der Waals surface area contributed by atoms with Gasteiger partial charge in [0.15, 0.2) is 0 Å². The van der Waals surface area contributed by atoms with Crippen molar-refractivity contribution in [1.82, 2.24) is 0 Å². The minimum atomic E-state index is 0.488. The molecule has 3 nitrogen and oxygen atoms in total. The van der Waals surface area contributed by atoms with Gasteiger partial charge in [0.25, 0.3) is 0 Å². The summed E-state index contributed by atoms with van der Waals surface area (Å²) in [5, 5.41) is 5.18. The van der Waals surface area contributed by atoms with E-state index in [9.17, 15) is 0 Å². The highest BCUT2D eigenvalue weighted by Crippen LogP contribution is 2.25. The van der Waals surface area contributed by atoms with E-state index in [1.165, 1.54) is 0 Å². The lowest BCUT2D eigenvalue weighted by Crippen LogP contribution is -1.98. The fourth-order valence-electron chi connectivity index (χ4n) is 1.25. The van der Waals surface area contributed by atoms with Crippen LogP contribution in [0.2, 0.25) is 10.0 Å². The zero-order valence-electron chi connectivity index (χ0n) is 9.08. The molecule has 5 heteroatoms. The van der Waals surface area contributed by atoms with Gasteiger partial charge in [0, 0.05) is 0 Å². The van der Waals surface area contributed by atoms with E-state index in [0.29, 0.717) is 10.0 Å². The highest BCUT2D eigenvalue weighted by atomic mass is 35.5. The Bertz CT molecular complexity index is 535. The van der Waals surface area contributed by atoms with Crippen LogP contribution in [-0.2, 0) is 0 Å². The van der Waals surface area contributed by atoms with Gasteiger partial charge in [-0.05, 0) is 37.3 Å². The molecule has 0 atom stereocenters. The molecule has 0 aliphatic carbocycles. The Balaban J connectivity index is 2.11. The molecule has 1 aromatic carbocycles. The summed E-state index contributed by atoms with van der Waals surface area (Å²) in [6, 6.07) is 8.88. The number of hydrogen-bond acceptors (Lipinski definition) is 3. The second-order valence-electron chi connectivity index (χ2n) is 3.42. The summed E-state index contributed by atoms with van der Waals surface area (Å²) in [5.41, 5.74) is 4.41. The van der Waals surface area contributed by atoms with Crippen molar-refractivity contribution < 1.29 is 4.42 Å². The van der Waals surface area contributed by atoms with Crippen molar-refractivity contribution in [3.05, 3.63) is 52.4 Å². The number of nitrogens with one attached hydrogen (secondary N) is 1. The van der Waals surface area contributed by atoms with Gasteiger partial charge in [-0.25, -0.2) is 0 Å². The topological polar surface area (TPSA) is 37.5 Å². The molecule has 0 aliphatic heterocycles. The first-order chi connectivity index (χ1) is 8.16. The summed E-state index contributed by atoms with van der Waals surface area (Å²) in [4.78, 5) is 0. The average Bonchev–Trinajstić information content (AvgIpc) is 2.84. The predicted molar refractivity (Wildman–Crippen MR) is 71.0 cm³/mol. The van der Waals surface area contributed by atoms with Gasteiger partial charge in [0.05, 0.1) is 22.0 Å². The number of hydrazone groups is 1. The Morgan fingerprint density at radius 1 is 1.24 bits per heavy atom. The van der Waals surface area contributed by atoms with Crippen LogP contribution in [0, 0.1) is 0 Å². The van der Waals surface area contributed by atoms with Crippen LogP contribution in [0.1, 0.15) is 12.7 Å². The van der Waals surface area contributed by atoms with E-state index < -0.39 is 0 Å². The summed E-state index contributed by atoms with van der Waals surface area (Å²) in [6.45, 7) is 1.85. The van der Waals surface area contributed by atoms with E-state index in [0.717, 1.165) is 17.2 Å². The number of rotatable bonds is 3. The molecule has 0 aliphatic rings. The van der Waals surface area contributed by atoms with E-state index in [1.807, 2.05) is 19.1 Å². The molecule has 17 heavy (non-hydrogen) atoms. The highest BCUT2D eigenvalue weighted by molar-refractivity contribution is 6.42. The van der Waals surface area contributed by atoms with E-state index in [1.54, 1.807) is 24.5 Å². The third-order valence-corrected chi connectivity index (χ3v) is 2.89. The number of benzene rings is 1. The molecule has 0 bridgehead atoms. The van der Waals surface area contributed by atoms with E-state index >= 15 is 0 Å². The summed E-state index contributed by atoms with van der Waals surface area (Å²) >= 11 is 11.7. The lowest BCUT2D eigenvalue weighted by molar-refractivity contribution is 0.557. The Hall–Kier alpha value is -1.45. The molecule has 0 unspecified atom stereocenters. The minimum Gasteiger partial charge on any atom is -0.463 e. The lowest BCUT2D eigenvalue weighted by atomic mass is 10.3. The third kappa shape index (κ3) is 3.02. The third-order valence-electron chi connectivity index (χ3n) is 2.15. The molecule has 0 saturated heterocycles. The lowest BCUT2D eigenvalue weighted by Gasteiger charge is -2.03. The molecule has 1 aromatic heterocycles. The van der Waals surface area contributed by atoms with Gasteiger partial charge in [-0.15, -0.1) is 0 Å². The Labute approximate surface area is 109 Å². The molecule has 0 fully saturated rings.